The molecule has 0 saturated carbocycles. The third-order valence-corrected chi connectivity index (χ3v) is 2.72. The third kappa shape index (κ3) is 0.813. The molecule has 4 rings (SSSR count). The van der Waals surface area contributed by atoms with Crippen molar-refractivity contribution in [2.24, 2.45) is 0 Å². The van der Waals surface area contributed by atoms with Gasteiger partial charge in [-0.15, -0.1) is 9.73 Å². The number of rotatable bonds is 0. The Morgan fingerprint density at radius 1 is 1.12 bits per heavy atom. The fourth-order valence-electron chi connectivity index (χ4n) is 2.00. The smallest absolute Gasteiger partial charge is 0.223 e. The number of para-hydroxylation sites is 1. The standard InChI is InChI=1S/C10H6N6/c1-2-4-8-6(3-1)7-5-11-16-10(9(7)12-8)13-14-15-16/h1-5,12H. The number of aromatic nitrogens is 6. The molecule has 1 aromatic carbocycles. The molecule has 0 bridgehead atoms. The second kappa shape index (κ2) is 2.54. The van der Waals surface area contributed by atoms with Crippen LogP contribution < -0.4 is 0 Å². The van der Waals surface area contributed by atoms with Crippen molar-refractivity contribution in [2.45, 2.75) is 0 Å². The molecular weight excluding hydrogens is 204 g/mol. The number of H-pyrrole nitrogens is 1. The second-order valence-electron chi connectivity index (χ2n) is 3.60. The molecule has 0 spiro atoms. The molecule has 0 saturated heterocycles. The molecular formula is C10H6N6. The summed E-state index contributed by atoms with van der Waals surface area (Å²) in [5.74, 6) is 0. The molecule has 0 aliphatic rings. The summed E-state index contributed by atoms with van der Waals surface area (Å²) in [7, 11) is 0. The SMILES string of the molecule is c1ccc2c(c1)[nH]c1c2cnn2nnnc12. The number of nitrogens with zero attached hydrogens (tertiary/aromatic N) is 5. The van der Waals surface area contributed by atoms with Crippen molar-refractivity contribution >= 4 is 27.5 Å². The largest absolute Gasteiger partial charge is 0.351 e. The quantitative estimate of drug-likeness (QED) is 0.472. The molecule has 0 atom stereocenters. The van der Waals surface area contributed by atoms with Gasteiger partial charge < -0.3 is 4.98 Å². The lowest BCUT2D eigenvalue weighted by Crippen LogP contribution is -1.93. The van der Waals surface area contributed by atoms with E-state index < -0.39 is 0 Å². The summed E-state index contributed by atoms with van der Waals surface area (Å²) in [4.78, 5) is 3.30. The molecule has 0 aliphatic heterocycles. The van der Waals surface area contributed by atoms with Gasteiger partial charge >= 0.3 is 0 Å². The number of fused-ring (bicyclic) bond motifs is 5. The summed E-state index contributed by atoms with van der Waals surface area (Å²) in [5, 5.41) is 17.6. The minimum absolute atomic E-state index is 0.647. The van der Waals surface area contributed by atoms with Gasteiger partial charge in [-0.3, -0.25) is 0 Å². The molecule has 4 aromatic rings. The Morgan fingerprint density at radius 2 is 2.06 bits per heavy atom. The molecule has 3 heterocycles. The van der Waals surface area contributed by atoms with Crippen LogP contribution in [0.5, 0.6) is 0 Å². The van der Waals surface area contributed by atoms with E-state index in [0.717, 1.165) is 21.8 Å². The van der Waals surface area contributed by atoms with E-state index in [1.807, 2.05) is 18.2 Å². The van der Waals surface area contributed by atoms with Crippen LogP contribution in [0, 0.1) is 0 Å². The van der Waals surface area contributed by atoms with Crippen LogP contribution in [-0.2, 0) is 0 Å². The fourth-order valence-corrected chi connectivity index (χ4v) is 2.00. The van der Waals surface area contributed by atoms with E-state index in [1.54, 1.807) is 6.20 Å². The third-order valence-electron chi connectivity index (χ3n) is 2.72. The Morgan fingerprint density at radius 3 is 3.06 bits per heavy atom. The van der Waals surface area contributed by atoms with Gasteiger partial charge in [-0.2, -0.15) is 5.10 Å². The van der Waals surface area contributed by atoms with Crippen LogP contribution in [-0.4, -0.2) is 30.2 Å². The van der Waals surface area contributed by atoms with Crippen molar-refractivity contribution in [2.75, 3.05) is 0 Å². The first kappa shape index (κ1) is 7.75. The Bertz CT molecular complexity index is 812. The average molecular weight is 210 g/mol. The van der Waals surface area contributed by atoms with Crippen molar-refractivity contribution in [1.29, 1.82) is 0 Å². The van der Waals surface area contributed by atoms with Gasteiger partial charge in [0.05, 0.1) is 11.7 Å². The van der Waals surface area contributed by atoms with Gasteiger partial charge in [0.15, 0.2) is 0 Å². The van der Waals surface area contributed by atoms with E-state index in [2.05, 4.69) is 31.7 Å². The molecule has 16 heavy (non-hydrogen) atoms. The fraction of sp³-hybridized carbons (Fsp3) is 0. The van der Waals surface area contributed by atoms with E-state index in [-0.39, 0.29) is 0 Å². The zero-order valence-electron chi connectivity index (χ0n) is 8.12. The first-order valence-corrected chi connectivity index (χ1v) is 4.87. The van der Waals surface area contributed by atoms with Crippen molar-refractivity contribution in [1.82, 2.24) is 30.2 Å². The van der Waals surface area contributed by atoms with Crippen LogP contribution in [0.1, 0.15) is 0 Å². The van der Waals surface area contributed by atoms with E-state index in [4.69, 9.17) is 0 Å². The zero-order valence-corrected chi connectivity index (χ0v) is 8.12. The number of tetrazole rings is 1. The van der Waals surface area contributed by atoms with Gasteiger partial charge in [0, 0.05) is 16.3 Å². The van der Waals surface area contributed by atoms with Crippen LogP contribution in [0.3, 0.4) is 0 Å². The van der Waals surface area contributed by atoms with Crippen molar-refractivity contribution in [3.05, 3.63) is 30.5 Å². The summed E-state index contributed by atoms with van der Waals surface area (Å²) >= 11 is 0. The zero-order chi connectivity index (χ0) is 10.5. The Balaban J connectivity index is 2.38. The maximum Gasteiger partial charge on any atom is 0.223 e. The lowest BCUT2D eigenvalue weighted by molar-refractivity contribution is 0.736. The van der Waals surface area contributed by atoms with Gasteiger partial charge in [-0.05, 0) is 16.5 Å². The van der Waals surface area contributed by atoms with E-state index >= 15 is 0 Å². The van der Waals surface area contributed by atoms with Crippen LogP contribution in [0.4, 0.5) is 0 Å². The molecule has 1 N–H and O–H groups in total. The highest BCUT2D eigenvalue weighted by Crippen LogP contribution is 2.25. The van der Waals surface area contributed by atoms with Gasteiger partial charge in [0.1, 0.15) is 0 Å². The summed E-state index contributed by atoms with van der Waals surface area (Å²) in [5.41, 5.74) is 2.63. The minimum Gasteiger partial charge on any atom is -0.351 e. The number of hydrogen-bond acceptors (Lipinski definition) is 4. The first-order chi connectivity index (χ1) is 7.93. The second-order valence-corrected chi connectivity index (χ2v) is 3.60. The predicted octanol–water partition coefficient (Wildman–Crippen LogP) is 1.15. The Labute approximate surface area is 88.9 Å². The van der Waals surface area contributed by atoms with Gasteiger partial charge in [-0.25, -0.2) is 0 Å². The average Bonchev–Trinajstić information content (AvgIpc) is 2.92. The minimum atomic E-state index is 0.647. The summed E-state index contributed by atoms with van der Waals surface area (Å²) in [6.07, 6.45) is 1.78. The maximum atomic E-state index is 4.15. The lowest BCUT2D eigenvalue weighted by Gasteiger charge is -1.90. The molecule has 0 unspecified atom stereocenters. The summed E-state index contributed by atoms with van der Waals surface area (Å²) in [6, 6.07) is 8.07. The molecule has 6 heteroatoms. The number of nitrogens with one attached hydrogen (secondary N) is 1. The molecule has 0 amide bonds. The summed E-state index contributed by atoms with van der Waals surface area (Å²) in [6.45, 7) is 0. The monoisotopic (exact) mass is 210 g/mol. The molecule has 0 aliphatic carbocycles. The van der Waals surface area contributed by atoms with E-state index in [1.165, 1.54) is 4.63 Å². The highest BCUT2D eigenvalue weighted by molar-refractivity contribution is 6.10. The van der Waals surface area contributed by atoms with Gasteiger partial charge in [0.25, 0.3) is 0 Å². The van der Waals surface area contributed by atoms with Crippen LogP contribution in [0.15, 0.2) is 30.5 Å². The van der Waals surface area contributed by atoms with Crippen LogP contribution in [0.2, 0.25) is 0 Å². The molecule has 6 nitrogen and oxygen atoms in total. The topological polar surface area (TPSA) is 71.8 Å². The molecule has 3 aromatic heterocycles. The Kier molecular flexibility index (Phi) is 1.23. The normalized spacial score (nSPS) is 11.8. The summed E-state index contributed by atoms with van der Waals surface area (Å²) < 4.78 is 1.41. The first-order valence-electron chi connectivity index (χ1n) is 4.87. The highest BCUT2D eigenvalue weighted by Gasteiger charge is 2.09. The van der Waals surface area contributed by atoms with Crippen molar-refractivity contribution in [3.8, 4) is 0 Å². The lowest BCUT2D eigenvalue weighted by atomic mass is 10.2. The molecule has 0 radical (unpaired) electrons. The number of hydrogen-bond donors (Lipinski definition) is 1. The van der Waals surface area contributed by atoms with Crippen LogP contribution >= 0.6 is 0 Å². The van der Waals surface area contributed by atoms with E-state index in [0.29, 0.717) is 5.65 Å². The van der Waals surface area contributed by atoms with E-state index in [9.17, 15) is 0 Å². The molecule has 0 fully saturated rings. The number of benzene rings is 1. The van der Waals surface area contributed by atoms with Crippen molar-refractivity contribution in [3.63, 3.8) is 0 Å². The maximum absolute atomic E-state index is 4.15. The van der Waals surface area contributed by atoms with Crippen LogP contribution in [0.25, 0.3) is 27.5 Å². The van der Waals surface area contributed by atoms with Gasteiger partial charge in [-0.1, -0.05) is 18.2 Å². The predicted molar refractivity (Wildman–Crippen MR) is 57.9 cm³/mol. The number of aromatic amines is 1. The molecule has 76 valence electrons. The Hall–Kier alpha value is -2.50. The highest BCUT2D eigenvalue weighted by atomic mass is 15.6. The van der Waals surface area contributed by atoms with Gasteiger partial charge in [0.2, 0.25) is 5.65 Å². The van der Waals surface area contributed by atoms with Crippen molar-refractivity contribution < 1.29 is 0 Å².